The Kier molecular flexibility index (Phi) is 5.29. The molecule has 4 rings (SSSR count). The number of hydroxylamine groups is 1. The number of carbonyl (C=O) groups is 2. The molecule has 3 N–H and O–H groups in total. The van der Waals surface area contributed by atoms with Gasteiger partial charge in [-0.15, -0.1) is 0 Å². The summed E-state index contributed by atoms with van der Waals surface area (Å²) in [6, 6.07) is 20.7. The number of hydrogen-bond acceptors (Lipinski definition) is 4. The SMILES string of the molecule is O=C(NO)c1cccc(NC(=O)C2(c3ccc4ccccc4c3)CCOCC2)c1. The molecule has 0 unspecified atom stereocenters. The van der Waals surface area contributed by atoms with Crippen LogP contribution in [-0.2, 0) is 14.9 Å². The smallest absolute Gasteiger partial charge is 0.274 e. The molecule has 6 heteroatoms. The van der Waals surface area contributed by atoms with Crippen LogP contribution in [0.15, 0.2) is 66.7 Å². The molecule has 1 fully saturated rings. The van der Waals surface area contributed by atoms with Crippen molar-refractivity contribution >= 4 is 28.3 Å². The van der Waals surface area contributed by atoms with Crippen molar-refractivity contribution in [2.45, 2.75) is 18.3 Å². The Bertz CT molecular complexity index is 1060. The molecular weight excluding hydrogens is 368 g/mol. The zero-order valence-corrected chi connectivity index (χ0v) is 15.9. The highest BCUT2D eigenvalue weighted by Crippen LogP contribution is 2.37. The minimum absolute atomic E-state index is 0.127. The number of ether oxygens (including phenoxy) is 1. The maximum atomic E-state index is 13.5. The molecule has 0 saturated carbocycles. The summed E-state index contributed by atoms with van der Waals surface area (Å²) in [4.78, 5) is 25.1. The van der Waals surface area contributed by atoms with E-state index in [1.54, 1.807) is 23.7 Å². The predicted octanol–water partition coefficient (Wildman–Crippen LogP) is 3.65. The van der Waals surface area contributed by atoms with Crippen LogP contribution in [0.2, 0.25) is 0 Å². The maximum Gasteiger partial charge on any atom is 0.274 e. The summed E-state index contributed by atoms with van der Waals surface area (Å²) in [6.45, 7) is 1.01. The Balaban J connectivity index is 1.69. The first-order valence-electron chi connectivity index (χ1n) is 9.55. The zero-order chi connectivity index (χ0) is 20.3. The molecule has 2 amide bonds. The van der Waals surface area contributed by atoms with E-state index in [2.05, 4.69) is 11.4 Å². The second kappa shape index (κ2) is 8.03. The Morgan fingerprint density at radius 2 is 1.66 bits per heavy atom. The summed E-state index contributed by atoms with van der Waals surface area (Å²) in [6.07, 6.45) is 1.15. The van der Waals surface area contributed by atoms with Gasteiger partial charge in [-0.1, -0.05) is 48.5 Å². The highest BCUT2D eigenvalue weighted by Gasteiger charge is 2.41. The van der Waals surface area contributed by atoms with Crippen LogP contribution in [0.1, 0.15) is 28.8 Å². The lowest BCUT2D eigenvalue weighted by atomic mass is 9.73. The van der Waals surface area contributed by atoms with E-state index in [9.17, 15) is 9.59 Å². The summed E-state index contributed by atoms with van der Waals surface area (Å²) in [5, 5.41) is 14.0. The highest BCUT2D eigenvalue weighted by atomic mass is 16.5. The van der Waals surface area contributed by atoms with Crippen LogP contribution in [-0.4, -0.2) is 30.2 Å². The number of hydrogen-bond donors (Lipinski definition) is 3. The number of benzene rings is 3. The molecule has 148 valence electrons. The zero-order valence-electron chi connectivity index (χ0n) is 15.9. The van der Waals surface area contributed by atoms with Crippen LogP contribution in [0, 0.1) is 0 Å². The van der Waals surface area contributed by atoms with E-state index in [-0.39, 0.29) is 11.5 Å². The van der Waals surface area contributed by atoms with E-state index in [0.717, 1.165) is 16.3 Å². The van der Waals surface area contributed by atoms with Crippen LogP contribution < -0.4 is 10.8 Å². The molecule has 1 aliphatic rings. The van der Waals surface area contributed by atoms with Gasteiger partial charge in [0.2, 0.25) is 5.91 Å². The van der Waals surface area contributed by atoms with Gasteiger partial charge < -0.3 is 10.1 Å². The topological polar surface area (TPSA) is 87.7 Å². The molecule has 1 aliphatic heterocycles. The average molecular weight is 390 g/mol. The third kappa shape index (κ3) is 3.72. The van der Waals surface area contributed by atoms with Gasteiger partial charge in [0.15, 0.2) is 0 Å². The minimum atomic E-state index is -0.711. The van der Waals surface area contributed by atoms with Gasteiger partial charge in [-0.05, 0) is 47.4 Å². The first-order chi connectivity index (χ1) is 14.1. The number of amides is 2. The first-order valence-corrected chi connectivity index (χ1v) is 9.55. The number of rotatable bonds is 4. The van der Waals surface area contributed by atoms with Crippen LogP contribution in [0.4, 0.5) is 5.69 Å². The largest absolute Gasteiger partial charge is 0.381 e. The molecule has 0 aliphatic carbocycles. The normalized spacial score (nSPS) is 15.6. The lowest BCUT2D eigenvalue weighted by Crippen LogP contribution is -2.44. The van der Waals surface area contributed by atoms with E-state index in [4.69, 9.17) is 9.94 Å². The van der Waals surface area contributed by atoms with Gasteiger partial charge in [0, 0.05) is 24.5 Å². The molecule has 0 radical (unpaired) electrons. The van der Waals surface area contributed by atoms with E-state index < -0.39 is 11.3 Å². The third-order valence-electron chi connectivity index (χ3n) is 5.57. The lowest BCUT2D eigenvalue weighted by molar-refractivity contribution is -0.125. The van der Waals surface area contributed by atoms with Crippen molar-refractivity contribution in [2.24, 2.45) is 0 Å². The van der Waals surface area contributed by atoms with Crippen molar-refractivity contribution < 1.29 is 19.5 Å². The van der Waals surface area contributed by atoms with Crippen molar-refractivity contribution in [1.29, 1.82) is 0 Å². The first kappa shape index (κ1) is 19.1. The lowest BCUT2D eigenvalue weighted by Gasteiger charge is -2.36. The summed E-state index contributed by atoms with van der Waals surface area (Å²) in [5.74, 6) is -0.756. The Morgan fingerprint density at radius 3 is 2.41 bits per heavy atom. The highest BCUT2D eigenvalue weighted by molar-refractivity contribution is 6.01. The van der Waals surface area contributed by atoms with Gasteiger partial charge in [-0.25, -0.2) is 5.48 Å². The molecule has 29 heavy (non-hydrogen) atoms. The average Bonchev–Trinajstić information content (AvgIpc) is 2.78. The third-order valence-corrected chi connectivity index (χ3v) is 5.57. The molecule has 1 saturated heterocycles. The molecular formula is C23H22N2O4. The van der Waals surface area contributed by atoms with Crippen molar-refractivity contribution in [3.8, 4) is 0 Å². The molecule has 1 heterocycles. The Labute approximate surface area is 168 Å². The number of nitrogens with one attached hydrogen (secondary N) is 2. The monoisotopic (exact) mass is 390 g/mol. The summed E-state index contributed by atoms with van der Waals surface area (Å²) < 4.78 is 5.54. The van der Waals surface area contributed by atoms with Crippen LogP contribution in [0.3, 0.4) is 0 Å². The molecule has 0 atom stereocenters. The van der Waals surface area contributed by atoms with E-state index in [0.29, 0.717) is 31.7 Å². The molecule has 3 aromatic rings. The number of carbonyl (C=O) groups excluding carboxylic acids is 2. The standard InChI is InChI=1S/C23H22N2O4/c26-21(25-28)18-6-3-7-20(15-18)24-22(27)23(10-12-29-13-11-23)19-9-8-16-4-1-2-5-17(16)14-19/h1-9,14-15,28H,10-13H2,(H,24,27)(H,25,26). The van der Waals surface area contributed by atoms with Gasteiger partial charge in [0.05, 0.1) is 5.41 Å². The number of anilines is 1. The minimum Gasteiger partial charge on any atom is -0.381 e. The van der Waals surface area contributed by atoms with Gasteiger partial charge in [0.25, 0.3) is 5.91 Å². The van der Waals surface area contributed by atoms with Crippen molar-refractivity contribution in [1.82, 2.24) is 5.48 Å². The van der Waals surface area contributed by atoms with Crippen LogP contribution >= 0.6 is 0 Å². The fourth-order valence-electron chi connectivity index (χ4n) is 3.91. The molecule has 0 spiro atoms. The maximum absolute atomic E-state index is 13.5. The fourth-order valence-corrected chi connectivity index (χ4v) is 3.91. The second-order valence-corrected chi connectivity index (χ2v) is 7.23. The number of fused-ring (bicyclic) bond motifs is 1. The summed E-state index contributed by atoms with van der Waals surface area (Å²) in [7, 11) is 0. The Morgan fingerprint density at radius 1 is 0.897 bits per heavy atom. The van der Waals surface area contributed by atoms with Crippen molar-refractivity contribution in [2.75, 3.05) is 18.5 Å². The van der Waals surface area contributed by atoms with Crippen molar-refractivity contribution in [3.05, 3.63) is 77.9 Å². The summed E-state index contributed by atoms with van der Waals surface area (Å²) >= 11 is 0. The molecule has 6 nitrogen and oxygen atoms in total. The quantitative estimate of drug-likeness (QED) is 0.469. The van der Waals surface area contributed by atoms with E-state index in [1.807, 2.05) is 36.4 Å². The van der Waals surface area contributed by atoms with E-state index in [1.165, 1.54) is 6.07 Å². The molecule has 0 bridgehead atoms. The van der Waals surface area contributed by atoms with Crippen LogP contribution in [0.5, 0.6) is 0 Å². The van der Waals surface area contributed by atoms with E-state index >= 15 is 0 Å². The van der Waals surface area contributed by atoms with Crippen molar-refractivity contribution in [3.63, 3.8) is 0 Å². The van der Waals surface area contributed by atoms with Gasteiger partial charge >= 0.3 is 0 Å². The van der Waals surface area contributed by atoms with Crippen LogP contribution in [0.25, 0.3) is 10.8 Å². The molecule has 0 aromatic heterocycles. The van der Waals surface area contributed by atoms with Gasteiger partial charge in [-0.3, -0.25) is 14.8 Å². The van der Waals surface area contributed by atoms with Gasteiger partial charge in [0.1, 0.15) is 0 Å². The second-order valence-electron chi connectivity index (χ2n) is 7.23. The fraction of sp³-hybridized carbons (Fsp3) is 0.217. The Hall–Kier alpha value is -3.22. The molecule has 3 aromatic carbocycles. The predicted molar refractivity (Wildman–Crippen MR) is 110 cm³/mol. The van der Waals surface area contributed by atoms with Gasteiger partial charge in [-0.2, -0.15) is 0 Å². The summed E-state index contributed by atoms with van der Waals surface area (Å²) in [5.41, 5.74) is 2.62.